The SMILES string of the molecule is CC1C(=O)N2[C@H](c3ccc4c(c3)OCO4)c3[nH]c4ccccc4c3C[C@@H]2C(=O)N1CCN(C)C. The summed E-state index contributed by atoms with van der Waals surface area (Å²) in [6.45, 7) is 3.25. The Hall–Kier alpha value is -3.52. The summed E-state index contributed by atoms with van der Waals surface area (Å²) in [5.41, 5.74) is 3.97. The first-order valence-electron chi connectivity index (χ1n) is 11.7. The minimum Gasteiger partial charge on any atom is -0.454 e. The van der Waals surface area contributed by atoms with Crippen LogP contribution in [0.3, 0.4) is 0 Å². The van der Waals surface area contributed by atoms with Crippen LogP contribution < -0.4 is 9.47 Å². The van der Waals surface area contributed by atoms with Crippen molar-refractivity contribution in [2.75, 3.05) is 34.0 Å². The minimum atomic E-state index is -0.548. The summed E-state index contributed by atoms with van der Waals surface area (Å²) in [5.74, 6) is 1.33. The van der Waals surface area contributed by atoms with Gasteiger partial charge in [0.1, 0.15) is 12.1 Å². The molecule has 8 nitrogen and oxygen atoms in total. The average Bonchev–Trinajstić information content (AvgIpc) is 3.45. The van der Waals surface area contributed by atoms with Gasteiger partial charge in [-0.15, -0.1) is 0 Å². The number of hydrogen-bond donors (Lipinski definition) is 1. The Kier molecular flexibility index (Phi) is 4.81. The molecule has 1 unspecified atom stereocenters. The zero-order chi connectivity index (χ0) is 23.6. The van der Waals surface area contributed by atoms with E-state index >= 15 is 0 Å². The van der Waals surface area contributed by atoms with Crippen LogP contribution in [0.4, 0.5) is 0 Å². The van der Waals surface area contributed by atoms with Crippen molar-refractivity contribution in [1.29, 1.82) is 0 Å². The highest BCUT2D eigenvalue weighted by atomic mass is 16.7. The van der Waals surface area contributed by atoms with Crippen LogP contribution in [-0.2, 0) is 16.0 Å². The molecular weight excluding hydrogens is 432 g/mol. The molecule has 8 heteroatoms. The van der Waals surface area contributed by atoms with Crippen molar-refractivity contribution in [3.63, 3.8) is 0 Å². The number of amides is 2. The van der Waals surface area contributed by atoms with Crippen molar-refractivity contribution in [2.45, 2.75) is 31.5 Å². The van der Waals surface area contributed by atoms with Gasteiger partial charge in [0.25, 0.3) is 0 Å². The van der Waals surface area contributed by atoms with E-state index in [4.69, 9.17) is 9.47 Å². The second-order valence-electron chi connectivity index (χ2n) is 9.55. The third kappa shape index (κ3) is 3.09. The number of aromatic amines is 1. The van der Waals surface area contributed by atoms with E-state index in [1.165, 1.54) is 0 Å². The van der Waals surface area contributed by atoms with Gasteiger partial charge in [0.15, 0.2) is 11.5 Å². The van der Waals surface area contributed by atoms with Crippen molar-refractivity contribution in [3.8, 4) is 11.5 Å². The molecule has 0 bridgehead atoms. The number of aromatic nitrogens is 1. The number of benzene rings is 2. The first-order chi connectivity index (χ1) is 16.4. The lowest BCUT2D eigenvalue weighted by Crippen LogP contribution is -2.66. The number of carbonyl (C=O) groups excluding carboxylic acids is 2. The van der Waals surface area contributed by atoms with Crippen LogP contribution in [0.1, 0.15) is 29.8 Å². The molecule has 3 atom stereocenters. The van der Waals surface area contributed by atoms with E-state index < -0.39 is 18.1 Å². The molecule has 6 rings (SSSR count). The van der Waals surface area contributed by atoms with Crippen molar-refractivity contribution in [2.24, 2.45) is 0 Å². The molecule has 3 aliphatic heterocycles. The minimum absolute atomic E-state index is 0.00984. The van der Waals surface area contributed by atoms with Gasteiger partial charge in [0.05, 0.1) is 6.04 Å². The Balaban J connectivity index is 1.50. The van der Waals surface area contributed by atoms with E-state index in [2.05, 4.69) is 11.1 Å². The van der Waals surface area contributed by atoms with E-state index in [1.807, 2.05) is 62.3 Å². The number of H-pyrrole nitrogens is 1. The van der Waals surface area contributed by atoms with Crippen LogP contribution in [0.15, 0.2) is 42.5 Å². The highest BCUT2D eigenvalue weighted by molar-refractivity contribution is 5.99. The molecule has 0 saturated carbocycles. The monoisotopic (exact) mass is 460 g/mol. The van der Waals surface area contributed by atoms with E-state index in [0.29, 0.717) is 31.0 Å². The molecule has 3 aromatic rings. The zero-order valence-electron chi connectivity index (χ0n) is 19.6. The number of hydrogen-bond acceptors (Lipinski definition) is 5. The fraction of sp³-hybridized carbons (Fsp3) is 0.385. The van der Waals surface area contributed by atoms with Gasteiger partial charge in [0, 0.05) is 36.1 Å². The number of rotatable bonds is 4. The van der Waals surface area contributed by atoms with E-state index in [1.54, 1.807) is 9.80 Å². The lowest BCUT2D eigenvalue weighted by atomic mass is 9.85. The van der Waals surface area contributed by atoms with Gasteiger partial charge >= 0.3 is 0 Å². The Labute approximate surface area is 198 Å². The number of fused-ring (bicyclic) bond motifs is 5. The summed E-state index contributed by atoms with van der Waals surface area (Å²) in [4.78, 5) is 36.8. The normalized spacial score (nSPS) is 23.6. The number of ether oxygens (including phenoxy) is 2. The van der Waals surface area contributed by atoms with Gasteiger partial charge in [0.2, 0.25) is 18.6 Å². The molecule has 4 heterocycles. The van der Waals surface area contributed by atoms with Gasteiger partial charge in [-0.05, 0) is 50.3 Å². The molecule has 0 radical (unpaired) electrons. The number of para-hydroxylation sites is 1. The molecule has 1 N–H and O–H groups in total. The fourth-order valence-electron chi connectivity index (χ4n) is 5.53. The Morgan fingerprint density at radius 2 is 1.85 bits per heavy atom. The fourth-order valence-corrected chi connectivity index (χ4v) is 5.53. The quantitative estimate of drug-likeness (QED) is 0.648. The summed E-state index contributed by atoms with van der Waals surface area (Å²) in [6.07, 6.45) is 0.496. The van der Waals surface area contributed by atoms with Crippen molar-refractivity contribution in [1.82, 2.24) is 19.7 Å². The van der Waals surface area contributed by atoms with Gasteiger partial charge < -0.3 is 29.2 Å². The topological polar surface area (TPSA) is 78.1 Å². The van der Waals surface area contributed by atoms with E-state index in [-0.39, 0.29) is 18.6 Å². The second-order valence-corrected chi connectivity index (χ2v) is 9.55. The lowest BCUT2D eigenvalue weighted by molar-refractivity contribution is -0.164. The van der Waals surface area contributed by atoms with Gasteiger partial charge in [-0.3, -0.25) is 9.59 Å². The smallest absolute Gasteiger partial charge is 0.246 e. The highest BCUT2D eigenvalue weighted by Crippen LogP contribution is 2.45. The molecule has 176 valence electrons. The van der Waals surface area contributed by atoms with E-state index in [0.717, 1.165) is 27.7 Å². The molecule has 34 heavy (non-hydrogen) atoms. The summed E-state index contributed by atoms with van der Waals surface area (Å²) >= 11 is 0. The Morgan fingerprint density at radius 3 is 2.68 bits per heavy atom. The first-order valence-corrected chi connectivity index (χ1v) is 11.7. The third-order valence-corrected chi connectivity index (χ3v) is 7.28. The van der Waals surface area contributed by atoms with Crippen molar-refractivity contribution < 1.29 is 19.1 Å². The van der Waals surface area contributed by atoms with Gasteiger partial charge in [-0.1, -0.05) is 24.3 Å². The molecule has 1 fully saturated rings. The maximum absolute atomic E-state index is 13.9. The van der Waals surface area contributed by atoms with Crippen molar-refractivity contribution in [3.05, 3.63) is 59.3 Å². The highest BCUT2D eigenvalue weighted by Gasteiger charge is 2.51. The molecule has 0 spiro atoms. The van der Waals surface area contributed by atoms with Crippen molar-refractivity contribution >= 4 is 22.7 Å². The van der Waals surface area contributed by atoms with Crippen LogP contribution in [0, 0.1) is 0 Å². The first kappa shape index (κ1) is 21.0. The lowest BCUT2D eigenvalue weighted by Gasteiger charge is -2.49. The standard InChI is InChI=1S/C26H28N4O4/c1-15-25(31)30-20(26(32)29(15)11-10-28(2)3)13-18-17-6-4-5-7-19(17)27-23(18)24(30)16-8-9-21-22(12-16)34-14-33-21/h4-9,12,15,20,24,27H,10-11,13-14H2,1-3H3/t15?,20-,24-/m1/s1. The van der Waals surface area contributed by atoms with Crippen LogP contribution in [-0.4, -0.2) is 77.6 Å². The average molecular weight is 461 g/mol. The molecule has 2 amide bonds. The van der Waals surface area contributed by atoms with Crippen LogP contribution >= 0.6 is 0 Å². The number of nitrogens with one attached hydrogen (secondary N) is 1. The predicted octanol–water partition coefficient (Wildman–Crippen LogP) is 2.53. The molecule has 1 aromatic heterocycles. The van der Waals surface area contributed by atoms with Gasteiger partial charge in [-0.2, -0.15) is 0 Å². The molecular formula is C26H28N4O4. The Bertz CT molecular complexity index is 1300. The number of nitrogens with zero attached hydrogens (tertiary/aromatic N) is 3. The summed E-state index contributed by atoms with van der Waals surface area (Å²) in [7, 11) is 3.95. The van der Waals surface area contributed by atoms with Crippen LogP contribution in [0.2, 0.25) is 0 Å². The molecule has 2 aromatic carbocycles. The Morgan fingerprint density at radius 1 is 1.06 bits per heavy atom. The summed E-state index contributed by atoms with van der Waals surface area (Å²) in [5, 5.41) is 1.10. The number of carbonyl (C=O) groups is 2. The maximum atomic E-state index is 13.9. The zero-order valence-corrected chi connectivity index (χ0v) is 19.6. The number of piperazine rings is 1. The summed E-state index contributed by atoms with van der Waals surface area (Å²) in [6, 6.07) is 12.4. The second kappa shape index (κ2) is 7.77. The maximum Gasteiger partial charge on any atom is 0.246 e. The van der Waals surface area contributed by atoms with Crippen LogP contribution in [0.5, 0.6) is 11.5 Å². The molecule has 1 saturated heterocycles. The molecule has 0 aliphatic carbocycles. The van der Waals surface area contributed by atoms with E-state index in [9.17, 15) is 9.59 Å². The molecule has 3 aliphatic rings. The van der Waals surface area contributed by atoms with Crippen LogP contribution in [0.25, 0.3) is 10.9 Å². The third-order valence-electron chi connectivity index (χ3n) is 7.28. The van der Waals surface area contributed by atoms with Gasteiger partial charge in [-0.25, -0.2) is 0 Å². The largest absolute Gasteiger partial charge is 0.454 e. The predicted molar refractivity (Wildman–Crippen MR) is 127 cm³/mol. The number of likely N-dealkylation sites (N-methyl/N-ethyl adjacent to an activating group) is 1. The summed E-state index contributed by atoms with van der Waals surface area (Å²) < 4.78 is 11.1.